The van der Waals surface area contributed by atoms with Gasteiger partial charge in [0, 0.05) is 13.2 Å². The van der Waals surface area contributed by atoms with Gasteiger partial charge in [0.05, 0.1) is 13.2 Å². The van der Waals surface area contributed by atoms with Gasteiger partial charge >= 0.3 is 0 Å². The fourth-order valence-electron chi connectivity index (χ4n) is 2.12. The van der Waals surface area contributed by atoms with Crippen LogP contribution >= 0.6 is 0 Å². The van der Waals surface area contributed by atoms with Crippen LogP contribution in [0.3, 0.4) is 0 Å². The highest BCUT2D eigenvalue weighted by molar-refractivity contribution is 5.42. The Labute approximate surface area is 109 Å². The number of hydrogen-bond donors (Lipinski definition) is 2. The molecule has 1 rings (SSSR count). The van der Waals surface area contributed by atoms with E-state index >= 15 is 0 Å². The number of methoxy groups -OCH3 is 2. The zero-order valence-corrected chi connectivity index (χ0v) is 11.9. The molecule has 0 amide bonds. The third-order valence-electron chi connectivity index (χ3n) is 3.33. The van der Waals surface area contributed by atoms with Gasteiger partial charge in [-0.25, -0.2) is 0 Å². The van der Waals surface area contributed by atoms with Crippen molar-refractivity contribution in [3.63, 3.8) is 0 Å². The second-order valence-corrected chi connectivity index (χ2v) is 4.68. The Kier molecular flexibility index (Phi) is 5.59. The minimum Gasteiger partial charge on any atom is -0.496 e. The van der Waals surface area contributed by atoms with Crippen LogP contribution in [0.5, 0.6) is 5.75 Å². The van der Waals surface area contributed by atoms with E-state index in [4.69, 9.17) is 15.3 Å². The summed E-state index contributed by atoms with van der Waals surface area (Å²) in [6.07, 6.45) is 0.993. The molecule has 0 aliphatic carbocycles. The Morgan fingerprint density at radius 3 is 2.39 bits per heavy atom. The van der Waals surface area contributed by atoms with Crippen molar-refractivity contribution in [1.29, 1.82) is 0 Å². The van der Waals surface area contributed by atoms with Crippen LogP contribution in [-0.2, 0) is 4.74 Å². The first-order valence-corrected chi connectivity index (χ1v) is 6.17. The SMILES string of the molecule is COc1cc(C)c(C(CC(C)OC)NN)cc1C. The van der Waals surface area contributed by atoms with Gasteiger partial charge in [0.15, 0.2) is 0 Å². The van der Waals surface area contributed by atoms with Crippen LogP contribution in [0.1, 0.15) is 36.1 Å². The zero-order valence-electron chi connectivity index (χ0n) is 11.9. The van der Waals surface area contributed by atoms with Crippen molar-refractivity contribution in [1.82, 2.24) is 5.43 Å². The monoisotopic (exact) mass is 252 g/mol. The molecule has 0 fully saturated rings. The van der Waals surface area contributed by atoms with Gasteiger partial charge in [-0.2, -0.15) is 0 Å². The molecule has 0 saturated heterocycles. The fraction of sp³-hybridized carbons (Fsp3) is 0.571. The number of nitrogens with two attached hydrogens (primary N) is 1. The summed E-state index contributed by atoms with van der Waals surface area (Å²) < 4.78 is 10.6. The number of ether oxygens (including phenoxy) is 2. The number of aryl methyl sites for hydroxylation is 2. The molecule has 1 aromatic rings. The van der Waals surface area contributed by atoms with E-state index in [9.17, 15) is 0 Å². The topological polar surface area (TPSA) is 56.5 Å². The summed E-state index contributed by atoms with van der Waals surface area (Å²) >= 11 is 0. The van der Waals surface area contributed by atoms with Crippen molar-refractivity contribution in [2.45, 2.75) is 39.3 Å². The van der Waals surface area contributed by atoms with E-state index in [2.05, 4.69) is 18.4 Å². The van der Waals surface area contributed by atoms with Crippen LogP contribution in [0.2, 0.25) is 0 Å². The number of hydrazine groups is 1. The average Bonchev–Trinajstić information content (AvgIpc) is 2.38. The Balaban J connectivity index is 3.02. The van der Waals surface area contributed by atoms with Crippen LogP contribution in [0.4, 0.5) is 0 Å². The largest absolute Gasteiger partial charge is 0.496 e. The van der Waals surface area contributed by atoms with E-state index in [0.717, 1.165) is 17.7 Å². The molecule has 18 heavy (non-hydrogen) atoms. The lowest BCUT2D eigenvalue weighted by atomic mass is 9.95. The first kappa shape index (κ1) is 15.0. The molecule has 0 aromatic heterocycles. The zero-order chi connectivity index (χ0) is 13.7. The van der Waals surface area contributed by atoms with E-state index in [0.29, 0.717) is 0 Å². The lowest BCUT2D eigenvalue weighted by Crippen LogP contribution is -2.31. The van der Waals surface area contributed by atoms with E-state index in [1.54, 1.807) is 14.2 Å². The van der Waals surface area contributed by atoms with Crippen LogP contribution in [0, 0.1) is 13.8 Å². The molecule has 0 spiro atoms. The predicted octanol–water partition coefficient (Wildman–Crippen LogP) is 2.24. The summed E-state index contributed by atoms with van der Waals surface area (Å²) in [6.45, 7) is 6.14. The molecule has 4 heteroatoms. The maximum absolute atomic E-state index is 5.66. The molecule has 2 unspecified atom stereocenters. The summed E-state index contributed by atoms with van der Waals surface area (Å²) in [6, 6.07) is 4.26. The van der Waals surface area contributed by atoms with Crippen molar-refractivity contribution in [3.8, 4) is 5.75 Å². The maximum Gasteiger partial charge on any atom is 0.122 e. The molecule has 0 heterocycles. The third kappa shape index (κ3) is 3.45. The van der Waals surface area contributed by atoms with Gasteiger partial charge in [-0.15, -0.1) is 0 Å². The lowest BCUT2D eigenvalue weighted by Gasteiger charge is -2.22. The van der Waals surface area contributed by atoms with E-state index < -0.39 is 0 Å². The van der Waals surface area contributed by atoms with Gasteiger partial charge in [-0.3, -0.25) is 11.3 Å². The molecule has 0 aliphatic rings. The predicted molar refractivity (Wildman–Crippen MR) is 73.6 cm³/mol. The highest BCUT2D eigenvalue weighted by atomic mass is 16.5. The lowest BCUT2D eigenvalue weighted by molar-refractivity contribution is 0.100. The van der Waals surface area contributed by atoms with Gasteiger partial charge in [0.2, 0.25) is 0 Å². The first-order valence-electron chi connectivity index (χ1n) is 6.17. The van der Waals surface area contributed by atoms with E-state index in [1.165, 1.54) is 11.1 Å². The second-order valence-electron chi connectivity index (χ2n) is 4.68. The molecular weight excluding hydrogens is 228 g/mol. The summed E-state index contributed by atoms with van der Waals surface area (Å²) in [4.78, 5) is 0. The summed E-state index contributed by atoms with van der Waals surface area (Å²) in [5.74, 6) is 6.57. The average molecular weight is 252 g/mol. The van der Waals surface area contributed by atoms with Crippen molar-refractivity contribution in [3.05, 3.63) is 28.8 Å². The highest BCUT2D eigenvalue weighted by Gasteiger charge is 2.17. The van der Waals surface area contributed by atoms with Gasteiger partial charge in [0.1, 0.15) is 5.75 Å². The molecular formula is C14H24N2O2. The van der Waals surface area contributed by atoms with Crippen LogP contribution in [0.15, 0.2) is 12.1 Å². The van der Waals surface area contributed by atoms with Crippen LogP contribution in [0.25, 0.3) is 0 Å². The minimum atomic E-state index is 0.0876. The van der Waals surface area contributed by atoms with Crippen LogP contribution < -0.4 is 16.0 Å². The number of hydrogen-bond acceptors (Lipinski definition) is 4. The molecule has 0 bridgehead atoms. The normalized spacial score (nSPS) is 14.3. The van der Waals surface area contributed by atoms with E-state index in [-0.39, 0.29) is 12.1 Å². The summed E-state index contributed by atoms with van der Waals surface area (Å²) in [5.41, 5.74) is 6.35. The molecule has 4 nitrogen and oxygen atoms in total. The third-order valence-corrected chi connectivity index (χ3v) is 3.33. The number of benzene rings is 1. The van der Waals surface area contributed by atoms with Gasteiger partial charge < -0.3 is 9.47 Å². The standard InChI is InChI=1S/C14H24N2O2/c1-9-7-14(18-5)10(2)6-12(9)13(16-15)8-11(3)17-4/h6-7,11,13,16H,8,15H2,1-5H3. The molecule has 0 radical (unpaired) electrons. The quantitative estimate of drug-likeness (QED) is 0.602. The molecule has 2 atom stereocenters. The highest BCUT2D eigenvalue weighted by Crippen LogP contribution is 2.28. The first-order chi connectivity index (χ1) is 8.53. The Bertz CT molecular complexity index is 394. The Morgan fingerprint density at radius 2 is 1.89 bits per heavy atom. The van der Waals surface area contributed by atoms with Gasteiger partial charge in [-0.05, 0) is 49.9 Å². The summed E-state index contributed by atoms with van der Waals surface area (Å²) in [7, 11) is 3.40. The maximum atomic E-state index is 5.66. The second kappa shape index (κ2) is 6.73. The summed E-state index contributed by atoms with van der Waals surface area (Å²) in [5, 5.41) is 0. The molecule has 102 valence electrons. The van der Waals surface area contributed by atoms with Gasteiger partial charge in [-0.1, -0.05) is 6.07 Å². The van der Waals surface area contributed by atoms with Crippen molar-refractivity contribution in [2.24, 2.45) is 5.84 Å². The van der Waals surface area contributed by atoms with Crippen molar-refractivity contribution in [2.75, 3.05) is 14.2 Å². The number of rotatable bonds is 6. The van der Waals surface area contributed by atoms with Crippen LogP contribution in [-0.4, -0.2) is 20.3 Å². The molecule has 0 aliphatic heterocycles. The van der Waals surface area contributed by atoms with Gasteiger partial charge in [0.25, 0.3) is 0 Å². The molecule has 1 aromatic carbocycles. The minimum absolute atomic E-state index is 0.0876. The van der Waals surface area contributed by atoms with Crippen molar-refractivity contribution >= 4 is 0 Å². The Morgan fingerprint density at radius 1 is 1.22 bits per heavy atom. The van der Waals surface area contributed by atoms with Crippen molar-refractivity contribution < 1.29 is 9.47 Å². The number of nitrogens with one attached hydrogen (secondary N) is 1. The fourth-order valence-corrected chi connectivity index (χ4v) is 2.12. The molecule has 3 N–H and O–H groups in total. The smallest absolute Gasteiger partial charge is 0.122 e. The Hall–Kier alpha value is -1.10. The van der Waals surface area contributed by atoms with E-state index in [1.807, 2.05) is 19.9 Å². The molecule has 0 saturated carbocycles.